The van der Waals surface area contributed by atoms with Gasteiger partial charge in [-0.05, 0) is 33.6 Å². The third-order valence-corrected chi connectivity index (χ3v) is 1.92. The van der Waals surface area contributed by atoms with Crippen LogP contribution in [0.1, 0.15) is 33.6 Å². The van der Waals surface area contributed by atoms with Crippen LogP contribution in [0.25, 0.3) is 0 Å². The normalized spacial score (nSPS) is 28.6. The quantitative estimate of drug-likeness (QED) is 0.641. The predicted molar refractivity (Wildman–Crippen MR) is 50.8 cm³/mol. The van der Waals surface area contributed by atoms with Gasteiger partial charge in [-0.2, -0.15) is 0 Å². The van der Waals surface area contributed by atoms with Gasteiger partial charge in [0.15, 0.2) is 6.10 Å². The molecule has 0 radical (unpaired) electrons. The minimum absolute atomic E-state index is 0.226. The van der Waals surface area contributed by atoms with E-state index in [0.717, 1.165) is 0 Å². The molecule has 0 unspecified atom stereocenters. The van der Waals surface area contributed by atoms with Gasteiger partial charge in [0.25, 0.3) is 0 Å². The number of aliphatic hydroxyl groups is 1. The van der Waals surface area contributed by atoms with Crippen LogP contribution in [-0.4, -0.2) is 35.5 Å². The van der Waals surface area contributed by atoms with Crippen LogP contribution in [0.15, 0.2) is 0 Å². The van der Waals surface area contributed by atoms with Crippen molar-refractivity contribution in [2.45, 2.75) is 51.4 Å². The molecule has 0 spiro atoms. The van der Waals surface area contributed by atoms with Gasteiger partial charge in [0, 0.05) is 0 Å². The van der Waals surface area contributed by atoms with E-state index in [1.807, 2.05) is 20.8 Å². The summed E-state index contributed by atoms with van der Waals surface area (Å²) in [5, 5.41) is 9.16. The molecule has 14 heavy (non-hydrogen) atoms. The molecule has 1 saturated heterocycles. The zero-order valence-corrected chi connectivity index (χ0v) is 8.95. The molecule has 4 heteroatoms. The van der Waals surface area contributed by atoms with Gasteiger partial charge in [0.05, 0.1) is 12.7 Å². The molecule has 1 rings (SSSR count). The summed E-state index contributed by atoms with van der Waals surface area (Å²) >= 11 is 0. The van der Waals surface area contributed by atoms with Crippen molar-refractivity contribution in [3.63, 3.8) is 0 Å². The highest BCUT2D eigenvalue weighted by molar-refractivity contribution is 5.75. The number of ether oxygens (including phenoxy) is 2. The van der Waals surface area contributed by atoms with Gasteiger partial charge in [-0.25, -0.2) is 4.79 Å². The summed E-state index contributed by atoms with van der Waals surface area (Å²) in [6, 6.07) is 0. The van der Waals surface area contributed by atoms with E-state index in [9.17, 15) is 4.79 Å². The van der Waals surface area contributed by atoms with Crippen molar-refractivity contribution in [3.8, 4) is 0 Å². The Kier molecular flexibility index (Phi) is 3.50. The van der Waals surface area contributed by atoms with Gasteiger partial charge >= 0.3 is 5.97 Å². The second kappa shape index (κ2) is 4.28. The zero-order chi connectivity index (χ0) is 10.8. The predicted octanol–water partition coefficient (Wildman–Crippen LogP) is 0.868. The van der Waals surface area contributed by atoms with Crippen molar-refractivity contribution < 1.29 is 19.4 Å². The number of carbonyl (C=O) groups excluding carboxylic acids is 1. The Morgan fingerprint density at radius 2 is 2.07 bits per heavy atom. The van der Waals surface area contributed by atoms with Gasteiger partial charge in [0.1, 0.15) is 5.60 Å². The van der Waals surface area contributed by atoms with Crippen LogP contribution in [0.4, 0.5) is 0 Å². The van der Waals surface area contributed by atoms with E-state index in [-0.39, 0.29) is 12.6 Å². The Morgan fingerprint density at radius 3 is 2.50 bits per heavy atom. The minimum Gasteiger partial charge on any atom is -0.458 e. The summed E-state index contributed by atoms with van der Waals surface area (Å²) in [5.74, 6) is -0.329. The summed E-state index contributed by atoms with van der Waals surface area (Å²) in [6.45, 7) is 5.69. The first-order valence-corrected chi connectivity index (χ1v) is 4.91. The smallest absolute Gasteiger partial charge is 0.335 e. The van der Waals surface area contributed by atoms with Crippen LogP contribution in [0.5, 0.6) is 0 Å². The van der Waals surface area contributed by atoms with E-state index < -0.39 is 17.8 Å². The lowest BCUT2D eigenvalue weighted by molar-refractivity contribution is -0.175. The summed E-state index contributed by atoms with van der Waals surface area (Å²) in [5.41, 5.74) is -0.476. The van der Waals surface area contributed by atoms with Gasteiger partial charge in [-0.3, -0.25) is 0 Å². The molecule has 1 fully saturated rings. The van der Waals surface area contributed by atoms with Crippen LogP contribution in [0.3, 0.4) is 0 Å². The Bertz CT molecular complexity index is 199. The number of hydrogen-bond donors (Lipinski definition) is 1. The fourth-order valence-corrected chi connectivity index (χ4v) is 1.29. The minimum atomic E-state index is -0.502. The van der Waals surface area contributed by atoms with Gasteiger partial charge in [0.2, 0.25) is 0 Å². The van der Waals surface area contributed by atoms with E-state index in [4.69, 9.17) is 14.6 Å². The molecule has 82 valence electrons. The fourth-order valence-electron chi connectivity index (χ4n) is 1.29. The number of carbonyl (C=O) groups is 1. The number of aliphatic hydroxyl groups excluding tert-OH is 1. The number of esters is 1. The molecule has 0 aliphatic carbocycles. The molecule has 2 atom stereocenters. The monoisotopic (exact) mass is 202 g/mol. The van der Waals surface area contributed by atoms with Crippen LogP contribution < -0.4 is 0 Å². The van der Waals surface area contributed by atoms with Gasteiger partial charge in [-0.1, -0.05) is 0 Å². The maximum atomic E-state index is 11.5. The van der Waals surface area contributed by atoms with Crippen LogP contribution >= 0.6 is 0 Å². The zero-order valence-electron chi connectivity index (χ0n) is 8.95. The second-order valence-electron chi connectivity index (χ2n) is 4.59. The highest BCUT2D eigenvalue weighted by Gasteiger charge is 2.29. The highest BCUT2D eigenvalue weighted by atomic mass is 16.6. The third-order valence-electron chi connectivity index (χ3n) is 1.92. The molecule has 0 aromatic heterocycles. The maximum Gasteiger partial charge on any atom is 0.335 e. The lowest BCUT2D eigenvalue weighted by Crippen LogP contribution is -2.38. The molecule has 0 bridgehead atoms. The van der Waals surface area contributed by atoms with E-state index in [0.29, 0.717) is 12.8 Å². The number of hydrogen-bond acceptors (Lipinski definition) is 4. The first-order chi connectivity index (χ1) is 6.38. The topological polar surface area (TPSA) is 55.8 Å². The van der Waals surface area contributed by atoms with Crippen molar-refractivity contribution in [3.05, 3.63) is 0 Å². The Morgan fingerprint density at radius 1 is 1.43 bits per heavy atom. The first-order valence-electron chi connectivity index (χ1n) is 4.91. The average Bonchev–Trinajstić information content (AvgIpc) is 2.02. The van der Waals surface area contributed by atoms with E-state index >= 15 is 0 Å². The summed E-state index contributed by atoms with van der Waals surface area (Å²) in [4.78, 5) is 11.5. The molecule has 1 aliphatic rings. The van der Waals surface area contributed by atoms with E-state index in [1.165, 1.54) is 0 Å². The van der Waals surface area contributed by atoms with Gasteiger partial charge in [-0.15, -0.1) is 0 Å². The van der Waals surface area contributed by atoms with Crippen molar-refractivity contribution in [2.24, 2.45) is 0 Å². The summed E-state index contributed by atoms with van der Waals surface area (Å²) in [7, 11) is 0. The Labute approximate surface area is 84.2 Å². The van der Waals surface area contributed by atoms with Crippen LogP contribution in [0.2, 0.25) is 0 Å². The SMILES string of the molecule is CC(C)(C)OC(=O)[C@H]1CC[C@H](O)CO1. The lowest BCUT2D eigenvalue weighted by Gasteiger charge is -2.28. The molecule has 0 aromatic rings. The fraction of sp³-hybridized carbons (Fsp3) is 0.900. The van der Waals surface area contributed by atoms with Crippen molar-refractivity contribution in [2.75, 3.05) is 6.61 Å². The van der Waals surface area contributed by atoms with Crippen molar-refractivity contribution >= 4 is 5.97 Å². The maximum absolute atomic E-state index is 11.5. The van der Waals surface area contributed by atoms with Crippen LogP contribution in [0, 0.1) is 0 Å². The molecule has 1 N–H and O–H groups in total. The van der Waals surface area contributed by atoms with Crippen LogP contribution in [-0.2, 0) is 14.3 Å². The average molecular weight is 202 g/mol. The Hall–Kier alpha value is -0.610. The molecule has 0 aromatic carbocycles. The van der Waals surface area contributed by atoms with Crippen molar-refractivity contribution in [1.29, 1.82) is 0 Å². The van der Waals surface area contributed by atoms with Crippen molar-refractivity contribution in [1.82, 2.24) is 0 Å². The first kappa shape index (κ1) is 11.5. The summed E-state index contributed by atoms with van der Waals surface area (Å²) in [6.07, 6.45) is 0.200. The van der Waals surface area contributed by atoms with E-state index in [1.54, 1.807) is 0 Å². The molecule has 1 heterocycles. The summed E-state index contributed by atoms with van der Waals surface area (Å²) < 4.78 is 10.3. The molecule has 0 saturated carbocycles. The second-order valence-corrected chi connectivity index (χ2v) is 4.59. The lowest BCUT2D eigenvalue weighted by atomic mass is 10.1. The molecule has 1 aliphatic heterocycles. The molecular weight excluding hydrogens is 184 g/mol. The molecule has 4 nitrogen and oxygen atoms in total. The van der Waals surface area contributed by atoms with E-state index in [2.05, 4.69) is 0 Å². The highest BCUT2D eigenvalue weighted by Crippen LogP contribution is 2.17. The van der Waals surface area contributed by atoms with Gasteiger partial charge < -0.3 is 14.6 Å². The molecular formula is C10H18O4. The standard InChI is InChI=1S/C10H18O4/c1-10(2,3)14-9(12)8-5-4-7(11)6-13-8/h7-8,11H,4-6H2,1-3H3/t7-,8+/m0/s1. The largest absolute Gasteiger partial charge is 0.458 e. The number of rotatable bonds is 1. The Balaban J connectivity index is 2.38. The molecule has 0 amide bonds. The third kappa shape index (κ3) is 3.64.